The van der Waals surface area contributed by atoms with E-state index in [-0.39, 0.29) is 11.9 Å². The number of ether oxygens (including phenoxy) is 2. The zero-order chi connectivity index (χ0) is 15.9. The third kappa shape index (κ3) is 5.24. The number of allylic oxidation sites excluding steroid dienone is 2. The van der Waals surface area contributed by atoms with E-state index in [1.54, 1.807) is 18.2 Å². The second-order valence-corrected chi connectivity index (χ2v) is 5.32. The summed E-state index contributed by atoms with van der Waals surface area (Å²) < 4.78 is 10.7. The van der Waals surface area contributed by atoms with E-state index in [1.165, 1.54) is 0 Å². The summed E-state index contributed by atoms with van der Waals surface area (Å²) in [6, 6.07) is 17.4. The van der Waals surface area contributed by atoms with Gasteiger partial charge < -0.3 is 9.47 Å². The number of hydrogen-bond donors (Lipinski definition) is 0. The van der Waals surface area contributed by atoms with Crippen LogP contribution in [0.1, 0.15) is 11.1 Å². The molecule has 0 spiro atoms. The molecule has 1 atom stereocenters. The fourth-order valence-electron chi connectivity index (χ4n) is 2.01. The lowest BCUT2D eigenvalue weighted by Gasteiger charge is -2.03. The highest BCUT2D eigenvalue weighted by molar-refractivity contribution is 6.04. The van der Waals surface area contributed by atoms with Gasteiger partial charge in [-0.2, -0.15) is 0 Å². The minimum Gasteiger partial charge on any atom is -0.491 e. The van der Waals surface area contributed by atoms with Crippen LogP contribution in [0, 0.1) is 0 Å². The molecule has 1 unspecified atom stereocenters. The average molecular weight is 306 g/mol. The Labute approximate surface area is 135 Å². The van der Waals surface area contributed by atoms with Gasteiger partial charge in [0, 0.05) is 0 Å². The first-order valence-corrected chi connectivity index (χ1v) is 7.59. The van der Waals surface area contributed by atoms with Crippen LogP contribution in [0.25, 0.3) is 12.2 Å². The minimum atomic E-state index is -0.0416. The summed E-state index contributed by atoms with van der Waals surface area (Å²) in [6.07, 6.45) is 6.99. The lowest BCUT2D eigenvalue weighted by atomic mass is 10.1. The lowest BCUT2D eigenvalue weighted by Crippen LogP contribution is -2.03. The maximum absolute atomic E-state index is 11.8. The summed E-state index contributed by atoms with van der Waals surface area (Å²) in [5.74, 6) is 0.771. The zero-order valence-corrected chi connectivity index (χ0v) is 12.7. The Balaban J connectivity index is 1.52. The lowest BCUT2D eigenvalue weighted by molar-refractivity contribution is -0.110. The van der Waals surface area contributed by atoms with Crippen LogP contribution in [-0.2, 0) is 9.53 Å². The maximum atomic E-state index is 11.8. The molecule has 0 bridgehead atoms. The molecule has 0 amide bonds. The Morgan fingerprint density at radius 1 is 1.00 bits per heavy atom. The van der Waals surface area contributed by atoms with Crippen LogP contribution in [0.3, 0.4) is 0 Å². The monoisotopic (exact) mass is 306 g/mol. The number of hydrogen-bond acceptors (Lipinski definition) is 3. The molecule has 3 rings (SSSR count). The molecular weight excluding hydrogens is 288 g/mol. The van der Waals surface area contributed by atoms with Crippen LogP contribution in [-0.4, -0.2) is 25.1 Å². The molecular formula is C20H18O3. The third-order valence-electron chi connectivity index (χ3n) is 3.40. The molecule has 0 saturated carbocycles. The van der Waals surface area contributed by atoms with Crippen LogP contribution in [0.5, 0.6) is 5.75 Å². The van der Waals surface area contributed by atoms with Crippen molar-refractivity contribution in [3.05, 3.63) is 77.9 Å². The smallest absolute Gasteiger partial charge is 0.178 e. The number of ketones is 1. The summed E-state index contributed by atoms with van der Waals surface area (Å²) in [5, 5.41) is 0. The number of benzene rings is 2. The summed E-state index contributed by atoms with van der Waals surface area (Å²) in [7, 11) is 0. The van der Waals surface area contributed by atoms with Crippen LogP contribution < -0.4 is 4.74 Å². The normalized spacial score (nSPS) is 16.8. The number of epoxide rings is 1. The van der Waals surface area contributed by atoms with Gasteiger partial charge in [0.05, 0.1) is 6.61 Å². The van der Waals surface area contributed by atoms with E-state index >= 15 is 0 Å². The van der Waals surface area contributed by atoms with Gasteiger partial charge in [-0.3, -0.25) is 4.79 Å². The largest absolute Gasteiger partial charge is 0.491 e. The minimum absolute atomic E-state index is 0.0416. The van der Waals surface area contributed by atoms with E-state index in [4.69, 9.17) is 9.47 Å². The zero-order valence-electron chi connectivity index (χ0n) is 12.7. The molecule has 3 heteroatoms. The fourth-order valence-corrected chi connectivity index (χ4v) is 2.01. The molecule has 1 heterocycles. The van der Waals surface area contributed by atoms with Gasteiger partial charge in [-0.05, 0) is 35.4 Å². The molecule has 1 aliphatic rings. The van der Waals surface area contributed by atoms with E-state index in [1.807, 2.05) is 60.7 Å². The molecule has 1 saturated heterocycles. The Bertz CT molecular complexity index is 695. The van der Waals surface area contributed by atoms with Crippen molar-refractivity contribution in [2.75, 3.05) is 13.2 Å². The Morgan fingerprint density at radius 2 is 1.61 bits per heavy atom. The van der Waals surface area contributed by atoms with Gasteiger partial charge in [-0.1, -0.05) is 54.6 Å². The Hall–Kier alpha value is -2.65. The van der Waals surface area contributed by atoms with Crippen molar-refractivity contribution < 1.29 is 14.3 Å². The first-order valence-electron chi connectivity index (χ1n) is 7.59. The highest BCUT2D eigenvalue weighted by Gasteiger charge is 2.22. The standard InChI is InChI=1S/C20H18O3/c21-18(10-6-16-4-2-1-3-5-16)11-7-17-8-12-19(13-9-17)22-14-20-15-23-20/h1-13,20H,14-15H2/b10-6+,11-7+. The summed E-state index contributed by atoms with van der Waals surface area (Å²) in [6.45, 7) is 1.39. The average Bonchev–Trinajstić information content (AvgIpc) is 3.42. The molecule has 23 heavy (non-hydrogen) atoms. The van der Waals surface area contributed by atoms with Gasteiger partial charge in [-0.15, -0.1) is 0 Å². The highest BCUT2D eigenvalue weighted by atomic mass is 16.6. The summed E-state index contributed by atoms with van der Waals surface area (Å²) in [4.78, 5) is 11.8. The fraction of sp³-hybridized carbons (Fsp3) is 0.150. The van der Waals surface area contributed by atoms with E-state index < -0.39 is 0 Å². The van der Waals surface area contributed by atoms with Crippen molar-refractivity contribution >= 4 is 17.9 Å². The van der Waals surface area contributed by atoms with Gasteiger partial charge in [0.25, 0.3) is 0 Å². The third-order valence-corrected chi connectivity index (χ3v) is 3.40. The molecule has 0 N–H and O–H groups in total. The van der Waals surface area contributed by atoms with E-state index in [9.17, 15) is 4.79 Å². The predicted octanol–water partition coefficient (Wildman–Crippen LogP) is 3.76. The highest BCUT2D eigenvalue weighted by Crippen LogP contribution is 2.16. The van der Waals surface area contributed by atoms with Crippen LogP contribution in [0.4, 0.5) is 0 Å². The van der Waals surface area contributed by atoms with Crippen molar-refractivity contribution in [3.63, 3.8) is 0 Å². The van der Waals surface area contributed by atoms with Crippen LogP contribution in [0.2, 0.25) is 0 Å². The number of carbonyl (C=O) groups excluding carboxylic acids is 1. The summed E-state index contributed by atoms with van der Waals surface area (Å²) >= 11 is 0. The molecule has 2 aromatic carbocycles. The quantitative estimate of drug-likeness (QED) is 0.577. The van der Waals surface area contributed by atoms with Gasteiger partial charge in [-0.25, -0.2) is 0 Å². The molecule has 116 valence electrons. The summed E-state index contributed by atoms with van der Waals surface area (Å²) in [5.41, 5.74) is 1.97. The molecule has 1 fully saturated rings. The topological polar surface area (TPSA) is 38.8 Å². The molecule has 2 aromatic rings. The van der Waals surface area contributed by atoms with Crippen LogP contribution >= 0.6 is 0 Å². The number of carbonyl (C=O) groups is 1. The second-order valence-electron chi connectivity index (χ2n) is 5.32. The van der Waals surface area contributed by atoms with Crippen molar-refractivity contribution in [3.8, 4) is 5.75 Å². The number of rotatable bonds is 7. The SMILES string of the molecule is O=C(/C=C/c1ccccc1)/C=C/c1ccc(OCC2CO2)cc1. The molecule has 0 aromatic heterocycles. The van der Waals surface area contributed by atoms with Crippen molar-refractivity contribution in [2.45, 2.75) is 6.10 Å². The first kappa shape index (κ1) is 15.3. The first-order chi connectivity index (χ1) is 11.3. The van der Waals surface area contributed by atoms with Crippen molar-refractivity contribution in [1.29, 1.82) is 0 Å². The molecule has 1 aliphatic heterocycles. The molecule has 0 radical (unpaired) electrons. The van der Waals surface area contributed by atoms with Gasteiger partial charge in [0.2, 0.25) is 0 Å². The van der Waals surface area contributed by atoms with E-state index in [0.29, 0.717) is 6.61 Å². The van der Waals surface area contributed by atoms with Crippen LogP contribution in [0.15, 0.2) is 66.7 Å². The van der Waals surface area contributed by atoms with E-state index in [2.05, 4.69) is 0 Å². The van der Waals surface area contributed by atoms with Crippen molar-refractivity contribution in [2.24, 2.45) is 0 Å². The van der Waals surface area contributed by atoms with Gasteiger partial charge in [0.1, 0.15) is 18.5 Å². The predicted molar refractivity (Wildman–Crippen MR) is 91.2 cm³/mol. The van der Waals surface area contributed by atoms with Crippen molar-refractivity contribution in [1.82, 2.24) is 0 Å². The molecule has 3 nitrogen and oxygen atoms in total. The van der Waals surface area contributed by atoms with E-state index in [0.717, 1.165) is 23.5 Å². The van der Waals surface area contributed by atoms with Gasteiger partial charge >= 0.3 is 0 Å². The van der Waals surface area contributed by atoms with Gasteiger partial charge in [0.15, 0.2) is 5.78 Å². The molecule has 0 aliphatic carbocycles. The Morgan fingerprint density at radius 3 is 2.22 bits per heavy atom. The second kappa shape index (κ2) is 7.56. The maximum Gasteiger partial charge on any atom is 0.178 e. The Kier molecular flexibility index (Phi) is 5.02.